The van der Waals surface area contributed by atoms with Crippen LogP contribution in [0.1, 0.15) is 16.1 Å². The standard InChI is InChI=1S/C15H20N2O3/c1-10-5-6-12-11(9-10)14(20-4)13(15(18)19)17(12)8-7-16(2)3/h5-6,9H,7-8H2,1-4H3,(H,18,19). The lowest BCUT2D eigenvalue weighted by molar-refractivity contribution is 0.0681. The number of ether oxygens (including phenoxy) is 1. The average Bonchev–Trinajstić information content (AvgIpc) is 2.69. The number of aryl methyl sites for hydroxylation is 1. The predicted octanol–water partition coefficient (Wildman–Crippen LogP) is 2.22. The minimum atomic E-state index is -0.963. The van der Waals surface area contributed by atoms with E-state index < -0.39 is 5.97 Å². The first-order valence-corrected chi connectivity index (χ1v) is 6.50. The van der Waals surface area contributed by atoms with E-state index in [0.717, 1.165) is 23.0 Å². The molecule has 0 unspecified atom stereocenters. The zero-order valence-electron chi connectivity index (χ0n) is 12.3. The van der Waals surface area contributed by atoms with Crippen molar-refractivity contribution in [2.24, 2.45) is 0 Å². The number of nitrogens with zero attached hydrogens (tertiary/aromatic N) is 2. The summed E-state index contributed by atoms with van der Waals surface area (Å²) in [5, 5.41) is 10.3. The highest BCUT2D eigenvalue weighted by atomic mass is 16.5. The normalized spacial score (nSPS) is 11.2. The molecule has 1 N–H and O–H groups in total. The Labute approximate surface area is 118 Å². The van der Waals surface area contributed by atoms with Crippen LogP contribution in [0.15, 0.2) is 18.2 Å². The van der Waals surface area contributed by atoms with Gasteiger partial charge in [-0.15, -0.1) is 0 Å². The van der Waals surface area contributed by atoms with Gasteiger partial charge in [0.15, 0.2) is 11.4 Å². The molecule has 0 aliphatic heterocycles. The summed E-state index contributed by atoms with van der Waals surface area (Å²) in [4.78, 5) is 13.6. The first-order valence-electron chi connectivity index (χ1n) is 6.50. The monoisotopic (exact) mass is 276 g/mol. The number of methoxy groups -OCH3 is 1. The van der Waals surface area contributed by atoms with Crippen molar-refractivity contribution in [1.29, 1.82) is 0 Å². The van der Waals surface area contributed by atoms with Crippen molar-refractivity contribution in [2.45, 2.75) is 13.5 Å². The molecule has 1 aromatic carbocycles. The highest BCUT2D eigenvalue weighted by molar-refractivity contribution is 6.01. The Morgan fingerprint density at radius 2 is 2.10 bits per heavy atom. The van der Waals surface area contributed by atoms with Crippen molar-refractivity contribution in [3.8, 4) is 5.75 Å². The van der Waals surface area contributed by atoms with E-state index in [4.69, 9.17) is 4.74 Å². The molecule has 5 nitrogen and oxygen atoms in total. The van der Waals surface area contributed by atoms with E-state index in [2.05, 4.69) is 0 Å². The van der Waals surface area contributed by atoms with Crippen molar-refractivity contribution in [2.75, 3.05) is 27.7 Å². The minimum absolute atomic E-state index is 0.218. The number of carbonyl (C=O) groups is 1. The Kier molecular flexibility index (Phi) is 3.99. The third kappa shape index (κ3) is 2.49. The summed E-state index contributed by atoms with van der Waals surface area (Å²) in [6, 6.07) is 5.90. The van der Waals surface area contributed by atoms with Crippen LogP contribution in [-0.4, -0.2) is 48.3 Å². The van der Waals surface area contributed by atoms with Gasteiger partial charge in [0, 0.05) is 18.5 Å². The number of aromatic nitrogens is 1. The molecule has 0 saturated carbocycles. The Morgan fingerprint density at radius 3 is 2.65 bits per heavy atom. The molecule has 0 aliphatic carbocycles. The fourth-order valence-corrected chi connectivity index (χ4v) is 2.39. The molecular formula is C15H20N2O3. The Balaban J connectivity index is 2.68. The van der Waals surface area contributed by atoms with Crippen molar-refractivity contribution in [3.05, 3.63) is 29.5 Å². The van der Waals surface area contributed by atoms with Gasteiger partial charge in [0.25, 0.3) is 0 Å². The first-order chi connectivity index (χ1) is 9.45. The maximum absolute atomic E-state index is 11.6. The molecule has 0 amide bonds. The van der Waals surface area contributed by atoms with Crippen LogP contribution in [0.25, 0.3) is 10.9 Å². The highest BCUT2D eigenvalue weighted by Gasteiger charge is 2.23. The molecule has 108 valence electrons. The smallest absolute Gasteiger partial charge is 0.356 e. The number of rotatable bonds is 5. The van der Waals surface area contributed by atoms with Crippen LogP contribution in [0.2, 0.25) is 0 Å². The average molecular weight is 276 g/mol. The van der Waals surface area contributed by atoms with Gasteiger partial charge in [-0.3, -0.25) is 0 Å². The predicted molar refractivity (Wildman–Crippen MR) is 78.7 cm³/mol. The summed E-state index contributed by atoms with van der Waals surface area (Å²) in [7, 11) is 5.45. The van der Waals surface area contributed by atoms with E-state index in [1.54, 1.807) is 0 Å². The van der Waals surface area contributed by atoms with Crippen molar-refractivity contribution < 1.29 is 14.6 Å². The van der Waals surface area contributed by atoms with Crippen LogP contribution in [0.4, 0.5) is 0 Å². The van der Waals surface area contributed by atoms with Crippen LogP contribution in [0.3, 0.4) is 0 Å². The number of likely N-dealkylation sites (N-methyl/N-ethyl adjacent to an activating group) is 1. The van der Waals surface area contributed by atoms with Crippen LogP contribution in [-0.2, 0) is 6.54 Å². The van der Waals surface area contributed by atoms with E-state index >= 15 is 0 Å². The molecule has 20 heavy (non-hydrogen) atoms. The molecule has 1 heterocycles. The van der Waals surface area contributed by atoms with Crippen LogP contribution in [0.5, 0.6) is 5.75 Å². The molecule has 2 aromatic rings. The molecule has 0 saturated heterocycles. The largest absolute Gasteiger partial charge is 0.494 e. The van der Waals surface area contributed by atoms with Crippen molar-refractivity contribution in [1.82, 2.24) is 9.47 Å². The molecule has 1 aromatic heterocycles. The molecule has 0 atom stereocenters. The third-order valence-corrected chi connectivity index (χ3v) is 3.35. The van der Waals surface area contributed by atoms with Gasteiger partial charge in [0.1, 0.15) is 0 Å². The number of benzene rings is 1. The number of carboxylic acids is 1. The highest BCUT2D eigenvalue weighted by Crippen LogP contribution is 2.33. The first kappa shape index (κ1) is 14.4. The van der Waals surface area contributed by atoms with Crippen LogP contribution >= 0.6 is 0 Å². The molecule has 0 radical (unpaired) electrons. The van der Waals surface area contributed by atoms with Gasteiger partial charge < -0.3 is 19.3 Å². The van der Waals surface area contributed by atoms with Gasteiger partial charge in [0.2, 0.25) is 0 Å². The molecule has 2 rings (SSSR count). The zero-order chi connectivity index (χ0) is 14.9. The summed E-state index contributed by atoms with van der Waals surface area (Å²) in [6.07, 6.45) is 0. The fourth-order valence-electron chi connectivity index (χ4n) is 2.39. The van der Waals surface area contributed by atoms with Crippen molar-refractivity contribution >= 4 is 16.9 Å². The van der Waals surface area contributed by atoms with E-state index in [-0.39, 0.29) is 5.69 Å². The molecular weight excluding hydrogens is 256 g/mol. The van der Waals surface area contributed by atoms with E-state index in [1.165, 1.54) is 7.11 Å². The second-order valence-corrected chi connectivity index (χ2v) is 5.16. The summed E-state index contributed by atoms with van der Waals surface area (Å²) in [5.41, 5.74) is 2.19. The lowest BCUT2D eigenvalue weighted by atomic mass is 10.1. The molecule has 0 aliphatic rings. The summed E-state index contributed by atoms with van der Waals surface area (Å²) in [5.74, 6) is -0.524. The number of fused-ring (bicyclic) bond motifs is 1. The number of hydrogen-bond acceptors (Lipinski definition) is 3. The summed E-state index contributed by atoms with van der Waals surface area (Å²) < 4.78 is 7.16. The fraction of sp³-hybridized carbons (Fsp3) is 0.400. The SMILES string of the molecule is COc1c(C(=O)O)n(CCN(C)C)c2ccc(C)cc12. The molecule has 0 bridgehead atoms. The van der Waals surface area contributed by atoms with E-state index in [1.807, 2.05) is 48.7 Å². The zero-order valence-corrected chi connectivity index (χ0v) is 12.3. The second kappa shape index (κ2) is 5.54. The maximum atomic E-state index is 11.6. The van der Waals surface area contributed by atoms with Crippen LogP contribution in [0, 0.1) is 6.92 Å². The Hall–Kier alpha value is -2.01. The Bertz CT molecular complexity index is 644. The maximum Gasteiger partial charge on any atom is 0.356 e. The van der Waals surface area contributed by atoms with Gasteiger partial charge in [0.05, 0.1) is 12.6 Å². The molecule has 0 fully saturated rings. The number of carboxylic acid groups (broad SMARTS) is 1. The third-order valence-electron chi connectivity index (χ3n) is 3.35. The van der Waals surface area contributed by atoms with Gasteiger partial charge in [-0.05, 0) is 33.2 Å². The lowest BCUT2D eigenvalue weighted by Gasteiger charge is -2.13. The van der Waals surface area contributed by atoms with Crippen LogP contribution < -0.4 is 4.74 Å². The summed E-state index contributed by atoms with van der Waals surface area (Å²) >= 11 is 0. The van der Waals surface area contributed by atoms with Gasteiger partial charge in [-0.2, -0.15) is 0 Å². The number of aromatic carboxylic acids is 1. The van der Waals surface area contributed by atoms with E-state index in [9.17, 15) is 9.90 Å². The van der Waals surface area contributed by atoms with Gasteiger partial charge >= 0.3 is 5.97 Å². The van der Waals surface area contributed by atoms with Gasteiger partial charge in [-0.1, -0.05) is 11.6 Å². The number of hydrogen-bond donors (Lipinski definition) is 1. The molecule has 0 spiro atoms. The Morgan fingerprint density at radius 1 is 1.40 bits per heavy atom. The summed E-state index contributed by atoms with van der Waals surface area (Å²) in [6.45, 7) is 3.36. The lowest BCUT2D eigenvalue weighted by Crippen LogP contribution is -2.20. The quantitative estimate of drug-likeness (QED) is 0.909. The minimum Gasteiger partial charge on any atom is -0.494 e. The van der Waals surface area contributed by atoms with E-state index in [0.29, 0.717) is 12.3 Å². The van der Waals surface area contributed by atoms with Gasteiger partial charge in [-0.25, -0.2) is 4.79 Å². The van der Waals surface area contributed by atoms with Crippen molar-refractivity contribution in [3.63, 3.8) is 0 Å². The second-order valence-electron chi connectivity index (χ2n) is 5.16. The molecule has 5 heteroatoms. The topological polar surface area (TPSA) is 54.7 Å².